The van der Waals surface area contributed by atoms with E-state index in [0.29, 0.717) is 18.2 Å². The van der Waals surface area contributed by atoms with Gasteiger partial charge >= 0.3 is 0 Å². The van der Waals surface area contributed by atoms with Crippen LogP contribution >= 0.6 is 11.3 Å². The number of nitrogens with one attached hydrogen (secondary N) is 1. The predicted octanol–water partition coefficient (Wildman–Crippen LogP) is 2.65. The summed E-state index contributed by atoms with van der Waals surface area (Å²) < 4.78 is 1.24. The van der Waals surface area contributed by atoms with Crippen LogP contribution in [0.1, 0.15) is 41.0 Å². The molecule has 1 aromatic carbocycles. The molecular weight excluding hydrogens is 384 g/mol. The molecule has 1 fully saturated rings. The number of carbonyl (C=O) groups is 1. The number of thiazole rings is 1. The Morgan fingerprint density at radius 2 is 2.07 bits per heavy atom. The van der Waals surface area contributed by atoms with Gasteiger partial charge in [-0.2, -0.15) is 0 Å². The number of rotatable bonds is 4. The second-order valence-corrected chi connectivity index (χ2v) is 8.45. The molecule has 4 heterocycles. The lowest BCUT2D eigenvalue weighted by atomic mass is 10.0. The maximum Gasteiger partial charge on any atom is 0.254 e. The van der Waals surface area contributed by atoms with E-state index < -0.39 is 0 Å². The first-order valence-electron chi connectivity index (χ1n) is 10.2. The molecule has 1 saturated heterocycles. The molecule has 29 heavy (non-hydrogen) atoms. The van der Waals surface area contributed by atoms with Crippen LogP contribution in [0.5, 0.6) is 0 Å². The molecule has 2 aromatic heterocycles. The van der Waals surface area contributed by atoms with Crippen molar-refractivity contribution in [1.29, 1.82) is 0 Å². The van der Waals surface area contributed by atoms with Gasteiger partial charge in [-0.15, -0.1) is 11.3 Å². The second kappa shape index (κ2) is 7.68. The number of hydrogen-bond donors (Lipinski definition) is 1. The summed E-state index contributed by atoms with van der Waals surface area (Å²) in [5.74, 6) is 0.681. The van der Waals surface area contributed by atoms with E-state index >= 15 is 0 Å². The fourth-order valence-corrected chi connectivity index (χ4v) is 5.01. The Labute approximate surface area is 173 Å². The summed E-state index contributed by atoms with van der Waals surface area (Å²) in [7, 11) is 0. The molecule has 150 valence electrons. The summed E-state index contributed by atoms with van der Waals surface area (Å²) in [6, 6.07) is 7.08. The van der Waals surface area contributed by atoms with Crippen molar-refractivity contribution in [2.75, 3.05) is 37.6 Å². The molecule has 1 atom stereocenters. The van der Waals surface area contributed by atoms with Crippen LogP contribution in [0.15, 0.2) is 29.9 Å². The van der Waals surface area contributed by atoms with E-state index in [4.69, 9.17) is 4.98 Å². The third kappa shape index (κ3) is 3.47. The van der Waals surface area contributed by atoms with E-state index in [1.807, 2.05) is 5.51 Å². The topological polar surface area (TPSA) is 74.2 Å². The van der Waals surface area contributed by atoms with E-state index in [1.54, 1.807) is 17.5 Å². The quantitative estimate of drug-likeness (QED) is 0.715. The fraction of sp³-hybridized carbons (Fsp3) is 0.429. The minimum absolute atomic E-state index is 0.0644. The predicted molar refractivity (Wildman–Crippen MR) is 115 cm³/mol. The Bertz CT molecular complexity index is 1040. The highest BCUT2D eigenvalue weighted by Crippen LogP contribution is 2.29. The standard InChI is InChI=1S/C21H24N6OS/c1-2-18(14-3-4-19-17(11-14)24-13-29-19)26-7-9-27(10-8-26)21-23-12-15-16(25-21)5-6-22-20(15)28/h3-4,11-13,18H,2,5-10H2,1H3,(H,22,28). The Morgan fingerprint density at radius 1 is 1.21 bits per heavy atom. The molecular formula is C21H24N6OS. The highest BCUT2D eigenvalue weighted by molar-refractivity contribution is 7.16. The molecule has 0 bridgehead atoms. The first-order chi connectivity index (χ1) is 14.2. The van der Waals surface area contributed by atoms with Gasteiger partial charge in [-0.25, -0.2) is 15.0 Å². The highest BCUT2D eigenvalue weighted by Gasteiger charge is 2.27. The van der Waals surface area contributed by atoms with Gasteiger partial charge in [-0.1, -0.05) is 13.0 Å². The first-order valence-corrected chi connectivity index (χ1v) is 11.1. The number of anilines is 1. The average Bonchev–Trinajstić information content (AvgIpc) is 3.23. The lowest BCUT2D eigenvalue weighted by Crippen LogP contribution is -2.48. The zero-order chi connectivity index (χ0) is 19.8. The van der Waals surface area contributed by atoms with Crippen molar-refractivity contribution in [3.05, 3.63) is 46.7 Å². The molecule has 2 aliphatic heterocycles. The fourth-order valence-electron chi connectivity index (χ4n) is 4.35. The summed E-state index contributed by atoms with van der Waals surface area (Å²) in [6.07, 6.45) is 3.52. The Hall–Kier alpha value is -2.58. The normalized spacial score (nSPS) is 18.5. The second-order valence-electron chi connectivity index (χ2n) is 7.56. The molecule has 8 heteroatoms. The first kappa shape index (κ1) is 18.4. The smallest absolute Gasteiger partial charge is 0.254 e. The van der Waals surface area contributed by atoms with Gasteiger partial charge in [0.1, 0.15) is 0 Å². The number of amides is 1. The summed E-state index contributed by atoms with van der Waals surface area (Å²) in [5, 5.41) is 2.84. The van der Waals surface area contributed by atoms with Gasteiger partial charge in [0.15, 0.2) is 0 Å². The zero-order valence-corrected chi connectivity index (χ0v) is 17.3. The molecule has 0 radical (unpaired) electrons. The third-order valence-electron chi connectivity index (χ3n) is 5.91. The Balaban J connectivity index is 1.29. The van der Waals surface area contributed by atoms with Crippen LogP contribution in [0.4, 0.5) is 5.95 Å². The number of piperazine rings is 1. The van der Waals surface area contributed by atoms with Gasteiger partial charge in [-0.3, -0.25) is 9.69 Å². The van der Waals surface area contributed by atoms with Crippen molar-refractivity contribution in [2.45, 2.75) is 25.8 Å². The monoisotopic (exact) mass is 408 g/mol. The van der Waals surface area contributed by atoms with Gasteiger partial charge in [-0.05, 0) is 24.1 Å². The molecule has 0 spiro atoms. The number of aromatic nitrogens is 3. The number of hydrogen-bond acceptors (Lipinski definition) is 7. The van der Waals surface area contributed by atoms with E-state index in [0.717, 1.165) is 56.2 Å². The molecule has 3 aromatic rings. The van der Waals surface area contributed by atoms with Crippen LogP contribution in [-0.2, 0) is 6.42 Å². The van der Waals surface area contributed by atoms with E-state index in [1.165, 1.54) is 10.3 Å². The summed E-state index contributed by atoms with van der Waals surface area (Å²) in [4.78, 5) is 30.3. The van der Waals surface area contributed by atoms with Crippen LogP contribution in [0, 0.1) is 0 Å². The Kier molecular flexibility index (Phi) is 4.89. The SMILES string of the molecule is CCC(c1ccc2scnc2c1)N1CCN(c2ncc3c(n2)CCNC3=O)CC1. The van der Waals surface area contributed by atoms with Crippen molar-refractivity contribution < 1.29 is 4.79 Å². The van der Waals surface area contributed by atoms with Gasteiger partial charge in [0, 0.05) is 51.4 Å². The zero-order valence-electron chi connectivity index (χ0n) is 16.5. The minimum Gasteiger partial charge on any atom is -0.352 e. The van der Waals surface area contributed by atoms with Crippen molar-refractivity contribution in [3.63, 3.8) is 0 Å². The van der Waals surface area contributed by atoms with Crippen molar-refractivity contribution in [1.82, 2.24) is 25.2 Å². The van der Waals surface area contributed by atoms with Crippen molar-refractivity contribution >= 4 is 33.4 Å². The van der Waals surface area contributed by atoms with Gasteiger partial charge in [0.2, 0.25) is 5.95 Å². The van der Waals surface area contributed by atoms with Crippen LogP contribution in [0.25, 0.3) is 10.2 Å². The largest absolute Gasteiger partial charge is 0.352 e. The number of carbonyl (C=O) groups excluding carboxylic acids is 1. The van der Waals surface area contributed by atoms with Crippen molar-refractivity contribution in [3.8, 4) is 0 Å². The maximum atomic E-state index is 11.9. The molecule has 0 aliphatic carbocycles. The number of fused-ring (bicyclic) bond motifs is 2. The number of benzene rings is 1. The molecule has 1 amide bonds. The van der Waals surface area contributed by atoms with Gasteiger partial charge in [0.25, 0.3) is 5.91 Å². The number of nitrogens with zero attached hydrogens (tertiary/aromatic N) is 5. The summed E-state index contributed by atoms with van der Waals surface area (Å²) >= 11 is 1.69. The average molecular weight is 409 g/mol. The Morgan fingerprint density at radius 3 is 2.90 bits per heavy atom. The van der Waals surface area contributed by atoms with E-state index in [2.05, 4.69) is 50.2 Å². The molecule has 5 rings (SSSR count). The van der Waals surface area contributed by atoms with Crippen molar-refractivity contribution in [2.24, 2.45) is 0 Å². The molecule has 7 nitrogen and oxygen atoms in total. The molecule has 0 saturated carbocycles. The summed E-state index contributed by atoms with van der Waals surface area (Å²) in [6.45, 7) is 6.61. The molecule has 1 N–H and O–H groups in total. The third-order valence-corrected chi connectivity index (χ3v) is 6.72. The minimum atomic E-state index is -0.0644. The van der Waals surface area contributed by atoms with Gasteiger partial charge < -0.3 is 10.2 Å². The van der Waals surface area contributed by atoms with E-state index in [-0.39, 0.29) is 5.91 Å². The molecule has 2 aliphatic rings. The highest BCUT2D eigenvalue weighted by atomic mass is 32.1. The lowest BCUT2D eigenvalue weighted by Gasteiger charge is -2.39. The van der Waals surface area contributed by atoms with Crippen LogP contribution < -0.4 is 10.2 Å². The summed E-state index contributed by atoms with van der Waals surface area (Å²) in [5.41, 5.74) is 5.83. The maximum absolute atomic E-state index is 11.9. The lowest BCUT2D eigenvalue weighted by molar-refractivity contribution is 0.0944. The van der Waals surface area contributed by atoms with Crippen LogP contribution in [-0.4, -0.2) is 58.5 Å². The van der Waals surface area contributed by atoms with Gasteiger partial charge in [0.05, 0.1) is 27.0 Å². The van der Waals surface area contributed by atoms with E-state index in [9.17, 15) is 4.79 Å². The van der Waals surface area contributed by atoms with Crippen LogP contribution in [0.3, 0.4) is 0 Å². The van der Waals surface area contributed by atoms with Crippen LogP contribution in [0.2, 0.25) is 0 Å². The molecule has 1 unspecified atom stereocenters.